The van der Waals surface area contributed by atoms with E-state index in [1.165, 1.54) is 20.5 Å². The van der Waals surface area contributed by atoms with Crippen LogP contribution in [-0.2, 0) is 0 Å². The van der Waals surface area contributed by atoms with Crippen LogP contribution in [0.2, 0.25) is 0 Å². The largest absolute Gasteiger partial charge is 0.490 e. The highest BCUT2D eigenvalue weighted by molar-refractivity contribution is 7.19. The zero-order valence-corrected chi connectivity index (χ0v) is 13.8. The molecule has 1 aromatic heterocycles. The SMILES string of the molecule is CCCNC(C)c1sc2cc3c(cc2c1C)OCCCO3. The average molecular weight is 305 g/mol. The minimum Gasteiger partial charge on any atom is -0.490 e. The van der Waals surface area contributed by atoms with E-state index in [9.17, 15) is 0 Å². The van der Waals surface area contributed by atoms with Gasteiger partial charge in [-0.15, -0.1) is 11.3 Å². The van der Waals surface area contributed by atoms with E-state index >= 15 is 0 Å². The van der Waals surface area contributed by atoms with Crippen LogP contribution in [0.25, 0.3) is 10.1 Å². The zero-order valence-electron chi connectivity index (χ0n) is 13.0. The molecule has 0 spiro atoms. The van der Waals surface area contributed by atoms with Crippen molar-refractivity contribution in [1.82, 2.24) is 5.32 Å². The summed E-state index contributed by atoms with van der Waals surface area (Å²) in [6.07, 6.45) is 2.11. The third-order valence-electron chi connectivity index (χ3n) is 3.94. The number of hydrogen-bond acceptors (Lipinski definition) is 4. The first-order valence-corrected chi connectivity index (χ1v) is 8.58. The lowest BCUT2D eigenvalue weighted by molar-refractivity contribution is 0.297. The van der Waals surface area contributed by atoms with Crippen LogP contribution in [0.1, 0.15) is 43.2 Å². The van der Waals surface area contributed by atoms with Crippen LogP contribution in [0.3, 0.4) is 0 Å². The Morgan fingerprint density at radius 3 is 2.67 bits per heavy atom. The Hall–Kier alpha value is -1.26. The predicted octanol–water partition coefficient (Wildman–Crippen LogP) is 4.43. The van der Waals surface area contributed by atoms with Gasteiger partial charge >= 0.3 is 0 Å². The molecule has 2 heterocycles. The van der Waals surface area contributed by atoms with E-state index in [1.54, 1.807) is 0 Å². The molecule has 4 heteroatoms. The summed E-state index contributed by atoms with van der Waals surface area (Å²) < 4.78 is 12.9. The second-order valence-corrected chi connectivity index (χ2v) is 6.70. The quantitative estimate of drug-likeness (QED) is 0.906. The summed E-state index contributed by atoms with van der Waals surface area (Å²) in [4.78, 5) is 1.42. The second kappa shape index (κ2) is 6.24. The summed E-state index contributed by atoms with van der Waals surface area (Å²) in [5.74, 6) is 1.78. The van der Waals surface area contributed by atoms with E-state index in [1.807, 2.05) is 11.3 Å². The van der Waals surface area contributed by atoms with Gasteiger partial charge in [-0.25, -0.2) is 0 Å². The number of benzene rings is 1. The van der Waals surface area contributed by atoms with Crippen LogP contribution < -0.4 is 14.8 Å². The lowest BCUT2D eigenvalue weighted by Gasteiger charge is -2.12. The Morgan fingerprint density at radius 1 is 1.24 bits per heavy atom. The van der Waals surface area contributed by atoms with Gasteiger partial charge in [0.15, 0.2) is 11.5 Å². The Balaban J connectivity index is 2.00. The third kappa shape index (κ3) is 2.87. The van der Waals surface area contributed by atoms with Crippen molar-refractivity contribution in [2.75, 3.05) is 19.8 Å². The summed E-state index contributed by atoms with van der Waals surface area (Å²) in [6.45, 7) is 9.18. The molecule has 1 aliphatic heterocycles. The van der Waals surface area contributed by atoms with Gasteiger partial charge in [-0.1, -0.05) is 6.92 Å². The van der Waals surface area contributed by atoms with Gasteiger partial charge in [-0.3, -0.25) is 0 Å². The smallest absolute Gasteiger partial charge is 0.162 e. The molecule has 3 rings (SSSR count). The molecule has 0 fully saturated rings. The minimum atomic E-state index is 0.393. The Morgan fingerprint density at radius 2 is 1.95 bits per heavy atom. The van der Waals surface area contributed by atoms with Gasteiger partial charge in [-0.2, -0.15) is 0 Å². The molecule has 1 unspecified atom stereocenters. The van der Waals surface area contributed by atoms with E-state index < -0.39 is 0 Å². The molecule has 1 aromatic carbocycles. The number of thiophene rings is 1. The molecule has 0 amide bonds. The molecule has 21 heavy (non-hydrogen) atoms. The van der Waals surface area contributed by atoms with Crippen molar-refractivity contribution in [3.8, 4) is 11.5 Å². The molecule has 3 nitrogen and oxygen atoms in total. The second-order valence-electron chi connectivity index (χ2n) is 5.61. The van der Waals surface area contributed by atoms with E-state index in [-0.39, 0.29) is 0 Å². The van der Waals surface area contributed by atoms with Crippen LogP contribution in [-0.4, -0.2) is 19.8 Å². The van der Waals surface area contributed by atoms with Gasteiger partial charge in [0.25, 0.3) is 0 Å². The molecule has 0 aliphatic carbocycles. The molecular weight excluding hydrogens is 282 g/mol. The van der Waals surface area contributed by atoms with Gasteiger partial charge < -0.3 is 14.8 Å². The predicted molar refractivity (Wildman–Crippen MR) is 88.9 cm³/mol. The summed E-state index contributed by atoms with van der Waals surface area (Å²) >= 11 is 1.86. The van der Waals surface area contributed by atoms with Crippen molar-refractivity contribution in [2.24, 2.45) is 0 Å². The first-order valence-electron chi connectivity index (χ1n) is 7.76. The third-order valence-corrected chi connectivity index (χ3v) is 5.37. The molecule has 0 saturated heterocycles. The Bertz CT molecular complexity index is 635. The Kier molecular flexibility index (Phi) is 4.36. The topological polar surface area (TPSA) is 30.5 Å². The molecular formula is C17H23NO2S. The molecule has 0 saturated carbocycles. The summed E-state index contributed by atoms with van der Waals surface area (Å²) in [5.41, 5.74) is 1.36. The molecule has 2 aromatic rings. The standard InChI is InChI=1S/C17H23NO2S/c1-4-6-18-12(3)17-11(2)13-9-14-15(10-16(13)21-17)20-8-5-7-19-14/h9-10,12,18H,4-8H2,1-3H3. The Labute approximate surface area is 130 Å². The van der Waals surface area contributed by atoms with Crippen molar-refractivity contribution < 1.29 is 9.47 Å². The monoisotopic (exact) mass is 305 g/mol. The van der Waals surface area contributed by atoms with Gasteiger partial charge in [-0.05, 0) is 43.8 Å². The number of fused-ring (bicyclic) bond motifs is 2. The van der Waals surface area contributed by atoms with E-state index in [0.717, 1.165) is 44.1 Å². The van der Waals surface area contributed by atoms with Gasteiger partial charge in [0.1, 0.15) is 0 Å². The first-order chi connectivity index (χ1) is 10.2. The van der Waals surface area contributed by atoms with Gasteiger partial charge in [0.05, 0.1) is 13.2 Å². The van der Waals surface area contributed by atoms with Crippen molar-refractivity contribution in [3.63, 3.8) is 0 Å². The fraction of sp³-hybridized carbons (Fsp3) is 0.529. The first kappa shape index (κ1) is 14.7. The molecule has 1 atom stereocenters. The molecule has 0 bridgehead atoms. The van der Waals surface area contributed by atoms with E-state index in [2.05, 4.69) is 38.2 Å². The highest BCUT2D eigenvalue weighted by atomic mass is 32.1. The number of rotatable bonds is 4. The number of aryl methyl sites for hydroxylation is 1. The van der Waals surface area contributed by atoms with E-state index in [0.29, 0.717) is 6.04 Å². The number of ether oxygens (including phenoxy) is 2. The fourth-order valence-corrected chi connectivity index (χ4v) is 4.01. The van der Waals surface area contributed by atoms with Gasteiger partial charge in [0, 0.05) is 28.1 Å². The van der Waals surface area contributed by atoms with Crippen LogP contribution >= 0.6 is 11.3 Å². The normalized spacial score (nSPS) is 16.0. The maximum Gasteiger partial charge on any atom is 0.162 e. The van der Waals surface area contributed by atoms with Crippen molar-refractivity contribution in [1.29, 1.82) is 0 Å². The van der Waals surface area contributed by atoms with E-state index in [4.69, 9.17) is 9.47 Å². The number of nitrogens with one attached hydrogen (secondary N) is 1. The fourth-order valence-electron chi connectivity index (χ4n) is 2.76. The van der Waals surface area contributed by atoms with Crippen LogP contribution in [0.5, 0.6) is 11.5 Å². The molecule has 0 radical (unpaired) electrons. The highest BCUT2D eigenvalue weighted by Crippen LogP contribution is 2.41. The maximum absolute atomic E-state index is 5.81. The summed E-state index contributed by atoms with van der Waals surface area (Å²) in [7, 11) is 0. The average Bonchev–Trinajstić information content (AvgIpc) is 2.67. The number of hydrogen-bond donors (Lipinski definition) is 1. The molecule has 114 valence electrons. The lowest BCUT2D eigenvalue weighted by atomic mass is 10.1. The maximum atomic E-state index is 5.81. The van der Waals surface area contributed by atoms with Crippen molar-refractivity contribution in [3.05, 3.63) is 22.6 Å². The van der Waals surface area contributed by atoms with Crippen LogP contribution in [0.15, 0.2) is 12.1 Å². The summed E-state index contributed by atoms with van der Waals surface area (Å²) in [5, 5.41) is 4.87. The zero-order chi connectivity index (χ0) is 14.8. The van der Waals surface area contributed by atoms with Crippen molar-refractivity contribution in [2.45, 2.75) is 39.7 Å². The molecule has 1 N–H and O–H groups in total. The van der Waals surface area contributed by atoms with Crippen molar-refractivity contribution >= 4 is 21.4 Å². The molecule has 1 aliphatic rings. The van der Waals surface area contributed by atoms with Gasteiger partial charge in [0.2, 0.25) is 0 Å². The lowest BCUT2D eigenvalue weighted by Crippen LogP contribution is -2.18. The minimum absolute atomic E-state index is 0.393. The van der Waals surface area contributed by atoms with Crippen LogP contribution in [0, 0.1) is 6.92 Å². The van der Waals surface area contributed by atoms with Crippen LogP contribution in [0.4, 0.5) is 0 Å². The summed E-state index contributed by atoms with van der Waals surface area (Å²) in [6, 6.07) is 4.69. The highest BCUT2D eigenvalue weighted by Gasteiger charge is 2.18.